The summed E-state index contributed by atoms with van der Waals surface area (Å²) in [5.74, 6) is 0. The van der Waals surface area contributed by atoms with Crippen molar-refractivity contribution >= 4 is 17.6 Å². The quantitative estimate of drug-likeness (QED) is 0.276. The Morgan fingerprint density at radius 1 is 1.00 bits per heavy atom. The molecule has 0 aromatic carbocycles. The van der Waals surface area contributed by atoms with Gasteiger partial charge in [-0.1, -0.05) is 0 Å². The van der Waals surface area contributed by atoms with Crippen LogP contribution >= 0.6 is 0 Å². The van der Waals surface area contributed by atoms with E-state index in [0.717, 1.165) is 4.59 Å². The molecule has 0 aliphatic carbocycles. The van der Waals surface area contributed by atoms with E-state index >= 15 is 0 Å². The van der Waals surface area contributed by atoms with Gasteiger partial charge in [-0.3, -0.25) is 4.59 Å². The van der Waals surface area contributed by atoms with Crippen LogP contribution in [0.1, 0.15) is 0 Å². The van der Waals surface area contributed by atoms with Crippen molar-refractivity contribution in [2.24, 2.45) is 0 Å². The van der Waals surface area contributed by atoms with Gasteiger partial charge in [-0.05, 0) is 0 Å². The van der Waals surface area contributed by atoms with Gasteiger partial charge in [0.1, 0.15) is 0 Å². The first-order valence-corrected chi connectivity index (χ1v) is 2.44. The summed E-state index contributed by atoms with van der Waals surface area (Å²) in [7, 11) is 10.5. The maximum atomic E-state index is 2.12. The maximum absolute atomic E-state index is 2.12. The molecule has 0 heterocycles. The van der Waals surface area contributed by atoms with E-state index in [4.69, 9.17) is 0 Å². The molecule has 0 bridgehead atoms. The minimum absolute atomic E-state index is 0. The molecule has 0 fully saturated rings. The molecule has 0 saturated carbocycles. The topological polar surface area (TPSA) is 3.24 Å². The van der Waals surface area contributed by atoms with E-state index in [0.29, 0.717) is 0 Å². The summed E-state index contributed by atoms with van der Waals surface area (Å²) in [5.41, 5.74) is 0. The van der Waals surface area contributed by atoms with Crippen LogP contribution in [0.2, 0.25) is 0 Å². The Balaban J connectivity index is 0. The first-order valence-electron chi connectivity index (χ1n) is 2.44. The van der Waals surface area contributed by atoms with Crippen LogP contribution in [0.3, 0.4) is 0 Å². The third-order valence-corrected chi connectivity index (χ3v) is 1.20. The molecule has 0 aromatic heterocycles. The Kier molecular flexibility index (Phi) is 4.91. The zero-order valence-electron chi connectivity index (χ0n) is 5.89. The molecular formula is C5H19GeN2+. The van der Waals surface area contributed by atoms with Crippen LogP contribution in [0, 0.1) is 0 Å². The molecule has 0 rings (SSSR count). The van der Waals surface area contributed by atoms with Crippen molar-refractivity contribution in [2.45, 2.75) is 0 Å². The van der Waals surface area contributed by atoms with Crippen LogP contribution in [0.25, 0.3) is 0 Å². The molecular weight excluding hydrogens is 161 g/mol. The number of hydrogen-bond acceptors (Lipinski definition) is 1. The van der Waals surface area contributed by atoms with E-state index in [9.17, 15) is 0 Å². The predicted octanol–water partition coefficient (Wildman–Crippen LogP) is -1.28. The molecule has 0 aliphatic rings. The second-order valence-corrected chi connectivity index (χ2v) is 2.79. The first kappa shape index (κ1) is 11.3. The summed E-state index contributed by atoms with van der Waals surface area (Å²) < 4.78 is 0.889. The molecule has 0 aliphatic heterocycles. The van der Waals surface area contributed by atoms with Crippen molar-refractivity contribution < 1.29 is 4.59 Å². The van der Waals surface area contributed by atoms with Crippen molar-refractivity contribution in [2.75, 3.05) is 35.2 Å². The van der Waals surface area contributed by atoms with Gasteiger partial charge in [0.25, 0.3) is 0 Å². The van der Waals surface area contributed by atoms with Crippen molar-refractivity contribution in [3.63, 3.8) is 0 Å². The molecule has 0 N–H and O–H groups in total. The molecule has 0 atom stereocenters. The van der Waals surface area contributed by atoms with Crippen LogP contribution in [-0.4, -0.2) is 62.4 Å². The molecule has 0 unspecified atom stereocenters. The summed E-state index contributed by atoms with van der Waals surface area (Å²) in [6.07, 6.45) is 0. The SMILES string of the molecule is CN(C)[N+](C)(C)C.[GeH4]. The summed E-state index contributed by atoms with van der Waals surface area (Å²) in [5, 5.41) is 2.12. The van der Waals surface area contributed by atoms with Crippen molar-refractivity contribution in [1.29, 1.82) is 0 Å². The summed E-state index contributed by atoms with van der Waals surface area (Å²) >= 11 is 0. The molecule has 3 heteroatoms. The molecule has 0 radical (unpaired) electrons. The fourth-order valence-corrected chi connectivity index (χ4v) is 0. The standard InChI is InChI=1S/C5H15N2.GeH4/c1-6(2)7(3,4)5;/h1-5H3;1H4/q+1;. The fraction of sp³-hybridized carbons (Fsp3) is 1.00. The summed E-state index contributed by atoms with van der Waals surface area (Å²) in [4.78, 5) is 0. The predicted molar refractivity (Wildman–Crippen MR) is 43.1 cm³/mol. The van der Waals surface area contributed by atoms with Gasteiger partial charge in [-0.25, -0.2) is 0 Å². The zero-order chi connectivity index (χ0) is 6.08. The molecule has 0 amide bonds. The van der Waals surface area contributed by atoms with Gasteiger partial charge < -0.3 is 0 Å². The van der Waals surface area contributed by atoms with Crippen LogP contribution in [0.15, 0.2) is 0 Å². The number of hydrogen-bond donors (Lipinski definition) is 0. The molecule has 8 heavy (non-hydrogen) atoms. The molecule has 0 saturated heterocycles. The Bertz CT molecular complexity index is 55.9. The Hall–Kier alpha value is 0.463. The molecule has 0 spiro atoms. The van der Waals surface area contributed by atoms with Crippen molar-refractivity contribution in [3.05, 3.63) is 0 Å². The van der Waals surface area contributed by atoms with E-state index in [1.165, 1.54) is 0 Å². The zero-order valence-corrected chi connectivity index (χ0v) is 5.89. The van der Waals surface area contributed by atoms with Crippen LogP contribution < -0.4 is 0 Å². The van der Waals surface area contributed by atoms with E-state index in [2.05, 4.69) is 40.2 Å². The molecule has 2 nitrogen and oxygen atoms in total. The number of quaternary nitrogens is 1. The third-order valence-electron chi connectivity index (χ3n) is 1.20. The van der Waals surface area contributed by atoms with Crippen LogP contribution in [0.4, 0.5) is 0 Å². The average molecular weight is 180 g/mol. The monoisotopic (exact) mass is 181 g/mol. The number of nitrogens with zero attached hydrogens (tertiary/aromatic N) is 2. The Morgan fingerprint density at radius 3 is 1.12 bits per heavy atom. The fourth-order valence-electron chi connectivity index (χ4n) is 0. The van der Waals surface area contributed by atoms with E-state index < -0.39 is 0 Å². The van der Waals surface area contributed by atoms with E-state index in [1.807, 2.05) is 0 Å². The third kappa shape index (κ3) is 4.62. The van der Waals surface area contributed by atoms with Gasteiger partial charge in [0.05, 0.1) is 21.1 Å². The first-order chi connectivity index (χ1) is 2.94. The van der Waals surface area contributed by atoms with Gasteiger partial charge in [0.2, 0.25) is 0 Å². The van der Waals surface area contributed by atoms with Gasteiger partial charge in [0.15, 0.2) is 0 Å². The molecule has 52 valence electrons. The van der Waals surface area contributed by atoms with E-state index in [-0.39, 0.29) is 17.6 Å². The van der Waals surface area contributed by atoms with E-state index in [1.54, 1.807) is 0 Å². The van der Waals surface area contributed by atoms with Gasteiger partial charge >= 0.3 is 17.6 Å². The van der Waals surface area contributed by atoms with Crippen LogP contribution in [0.5, 0.6) is 0 Å². The summed E-state index contributed by atoms with van der Waals surface area (Å²) in [6.45, 7) is 0. The van der Waals surface area contributed by atoms with Gasteiger partial charge in [0, 0.05) is 14.1 Å². The van der Waals surface area contributed by atoms with Crippen molar-refractivity contribution in [1.82, 2.24) is 5.01 Å². The second-order valence-electron chi connectivity index (χ2n) is 2.79. The Morgan fingerprint density at radius 2 is 1.12 bits per heavy atom. The van der Waals surface area contributed by atoms with Gasteiger partial charge in [-0.15, -0.1) is 0 Å². The summed E-state index contributed by atoms with van der Waals surface area (Å²) in [6, 6.07) is 0. The second kappa shape index (κ2) is 3.48. The average Bonchev–Trinajstić information content (AvgIpc) is 1.31. The number of rotatable bonds is 1. The van der Waals surface area contributed by atoms with Gasteiger partial charge in [-0.2, -0.15) is 5.01 Å². The normalized spacial score (nSPS) is 11.2. The minimum atomic E-state index is 0. The molecule has 0 aromatic rings. The van der Waals surface area contributed by atoms with Crippen molar-refractivity contribution in [3.8, 4) is 0 Å². The van der Waals surface area contributed by atoms with Crippen LogP contribution in [-0.2, 0) is 0 Å². The Labute approximate surface area is 63.0 Å².